The fourth-order valence-corrected chi connectivity index (χ4v) is 3.39. The van der Waals surface area contributed by atoms with Crippen LogP contribution in [0.4, 0.5) is 0 Å². The summed E-state index contributed by atoms with van der Waals surface area (Å²) in [5, 5.41) is 0. The average Bonchev–Trinajstić information content (AvgIpc) is 2.89. The van der Waals surface area contributed by atoms with Crippen molar-refractivity contribution in [2.75, 3.05) is 0 Å². The first-order chi connectivity index (χ1) is 8.76. The Labute approximate surface area is 110 Å². The van der Waals surface area contributed by atoms with Gasteiger partial charge in [0.1, 0.15) is 0 Å². The Morgan fingerprint density at radius 1 is 1.00 bits per heavy atom. The standard InChI is InChI=1S/C16H25NO/c17-15(18)16(14-10-6-7-11-14)12-8-4-2-1-3-5-9-13-16/h6-7,10H,1-5,8-9,11-13H2,(H2,17,18). The predicted octanol–water partition coefficient (Wildman–Crippen LogP) is 3.87. The van der Waals surface area contributed by atoms with Crippen molar-refractivity contribution in [3.05, 3.63) is 23.8 Å². The first-order valence-corrected chi connectivity index (χ1v) is 7.42. The third-order valence-electron chi connectivity index (χ3n) is 4.56. The zero-order valence-electron chi connectivity index (χ0n) is 11.3. The molecule has 18 heavy (non-hydrogen) atoms. The van der Waals surface area contributed by atoms with Crippen molar-refractivity contribution in [3.63, 3.8) is 0 Å². The lowest BCUT2D eigenvalue weighted by Gasteiger charge is -2.33. The van der Waals surface area contributed by atoms with Crippen molar-refractivity contribution >= 4 is 5.91 Å². The summed E-state index contributed by atoms with van der Waals surface area (Å²) < 4.78 is 0. The van der Waals surface area contributed by atoms with E-state index in [1.54, 1.807) is 0 Å². The third-order valence-corrected chi connectivity index (χ3v) is 4.56. The Morgan fingerprint density at radius 3 is 2.00 bits per heavy atom. The maximum Gasteiger partial charge on any atom is 0.227 e. The van der Waals surface area contributed by atoms with Crippen molar-refractivity contribution in [2.24, 2.45) is 11.1 Å². The van der Waals surface area contributed by atoms with Crippen LogP contribution in [0.1, 0.15) is 64.2 Å². The van der Waals surface area contributed by atoms with Crippen LogP contribution in [0.15, 0.2) is 23.8 Å². The second-order valence-electron chi connectivity index (χ2n) is 5.75. The second kappa shape index (κ2) is 6.21. The van der Waals surface area contributed by atoms with Crippen LogP contribution in [0.3, 0.4) is 0 Å². The lowest BCUT2D eigenvalue weighted by molar-refractivity contribution is -0.126. The van der Waals surface area contributed by atoms with Crippen LogP contribution >= 0.6 is 0 Å². The van der Waals surface area contributed by atoms with Crippen molar-refractivity contribution in [1.82, 2.24) is 0 Å². The summed E-state index contributed by atoms with van der Waals surface area (Å²) in [4.78, 5) is 12.1. The van der Waals surface area contributed by atoms with E-state index in [2.05, 4.69) is 18.2 Å². The Kier molecular flexibility index (Phi) is 4.62. The molecule has 0 spiro atoms. The van der Waals surface area contributed by atoms with Gasteiger partial charge in [-0.05, 0) is 19.3 Å². The van der Waals surface area contributed by atoms with Crippen LogP contribution in [-0.2, 0) is 4.79 Å². The average molecular weight is 247 g/mol. The van der Waals surface area contributed by atoms with E-state index in [1.165, 1.54) is 37.7 Å². The van der Waals surface area contributed by atoms with Crippen molar-refractivity contribution in [1.29, 1.82) is 0 Å². The van der Waals surface area contributed by atoms with Crippen LogP contribution in [0, 0.1) is 5.41 Å². The summed E-state index contributed by atoms with van der Waals surface area (Å²) in [6.07, 6.45) is 17.9. The molecule has 1 fully saturated rings. The molecule has 2 aliphatic rings. The summed E-state index contributed by atoms with van der Waals surface area (Å²) in [5.41, 5.74) is 6.70. The lowest BCUT2D eigenvalue weighted by Crippen LogP contribution is -2.39. The molecule has 0 saturated heterocycles. The molecule has 0 aromatic carbocycles. The van der Waals surface area contributed by atoms with Crippen LogP contribution in [0.5, 0.6) is 0 Å². The summed E-state index contributed by atoms with van der Waals surface area (Å²) in [6, 6.07) is 0. The van der Waals surface area contributed by atoms with Crippen molar-refractivity contribution in [3.8, 4) is 0 Å². The van der Waals surface area contributed by atoms with Gasteiger partial charge in [-0.15, -0.1) is 0 Å². The fourth-order valence-electron chi connectivity index (χ4n) is 3.39. The highest BCUT2D eigenvalue weighted by atomic mass is 16.1. The molecule has 0 atom stereocenters. The molecule has 0 heterocycles. The van der Waals surface area contributed by atoms with Gasteiger partial charge in [-0.3, -0.25) is 4.79 Å². The molecule has 0 radical (unpaired) electrons. The van der Waals surface area contributed by atoms with E-state index >= 15 is 0 Å². The molecule has 1 saturated carbocycles. The molecule has 0 aliphatic heterocycles. The second-order valence-corrected chi connectivity index (χ2v) is 5.75. The van der Waals surface area contributed by atoms with Gasteiger partial charge in [0, 0.05) is 0 Å². The Balaban J connectivity index is 2.15. The fraction of sp³-hybridized carbons (Fsp3) is 0.688. The summed E-state index contributed by atoms with van der Waals surface area (Å²) in [7, 11) is 0. The van der Waals surface area contributed by atoms with Gasteiger partial charge in [0.25, 0.3) is 0 Å². The number of allylic oxidation sites excluding steroid dienone is 3. The number of nitrogens with two attached hydrogens (primary N) is 1. The van der Waals surface area contributed by atoms with Gasteiger partial charge < -0.3 is 5.73 Å². The molecule has 2 nitrogen and oxygen atoms in total. The molecule has 0 unspecified atom stereocenters. The molecule has 0 bridgehead atoms. The largest absolute Gasteiger partial charge is 0.369 e. The molecule has 2 heteroatoms. The summed E-state index contributed by atoms with van der Waals surface area (Å²) in [5.74, 6) is -0.0991. The lowest BCUT2D eigenvalue weighted by atomic mass is 9.70. The molecule has 2 rings (SSSR count). The van der Waals surface area contributed by atoms with Crippen LogP contribution < -0.4 is 5.73 Å². The number of hydrogen-bond acceptors (Lipinski definition) is 1. The van der Waals surface area contributed by atoms with Gasteiger partial charge >= 0.3 is 0 Å². The Bertz CT molecular complexity index is 344. The monoisotopic (exact) mass is 247 g/mol. The Hall–Kier alpha value is -1.05. The van der Waals surface area contributed by atoms with Gasteiger partial charge in [-0.1, -0.05) is 68.7 Å². The molecular weight excluding hydrogens is 222 g/mol. The number of carbonyl (C=O) groups excluding carboxylic acids is 1. The van der Waals surface area contributed by atoms with Crippen molar-refractivity contribution < 1.29 is 4.79 Å². The number of primary amides is 1. The maximum absolute atomic E-state index is 12.1. The zero-order valence-corrected chi connectivity index (χ0v) is 11.3. The van der Waals surface area contributed by atoms with E-state index in [0.717, 1.165) is 32.1 Å². The molecule has 100 valence electrons. The first-order valence-electron chi connectivity index (χ1n) is 7.42. The normalized spacial score (nSPS) is 24.6. The van der Waals surface area contributed by atoms with Gasteiger partial charge in [0.15, 0.2) is 0 Å². The number of hydrogen-bond donors (Lipinski definition) is 1. The van der Waals surface area contributed by atoms with Gasteiger partial charge in [0.05, 0.1) is 5.41 Å². The van der Waals surface area contributed by atoms with E-state index in [-0.39, 0.29) is 11.3 Å². The highest BCUT2D eigenvalue weighted by molar-refractivity contribution is 5.84. The van der Waals surface area contributed by atoms with Gasteiger partial charge in [0.2, 0.25) is 5.91 Å². The minimum atomic E-state index is -0.346. The minimum Gasteiger partial charge on any atom is -0.369 e. The highest BCUT2D eigenvalue weighted by Gasteiger charge is 2.39. The molecule has 1 amide bonds. The summed E-state index contributed by atoms with van der Waals surface area (Å²) >= 11 is 0. The van der Waals surface area contributed by atoms with Crippen LogP contribution in [0.25, 0.3) is 0 Å². The summed E-state index contributed by atoms with van der Waals surface area (Å²) in [6.45, 7) is 0. The van der Waals surface area contributed by atoms with Crippen LogP contribution in [0.2, 0.25) is 0 Å². The third kappa shape index (κ3) is 2.85. The quantitative estimate of drug-likeness (QED) is 0.791. The van der Waals surface area contributed by atoms with E-state index < -0.39 is 0 Å². The minimum absolute atomic E-state index is 0.0991. The molecule has 2 N–H and O–H groups in total. The first kappa shape index (κ1) is 13.4. The topological polar surface area (TPSA) is 43.1 Å². The zero-order chi connectivity index (χ0) is 12.8. The molecule has 2 aliphatic carbocycles. The van der Waals surface area contributed by atoms with E-state index in [9.17, 15) is 4.79 Å². The Morgan fingerprint density at radius 2 is 1.56 bits per heavy atom. The number of amides is 1. The van der Waals surface area contributed by atoms with Gasteiger partial charge in [-0.2, -0.15) is 0 Å². The smallest absolute Gasteiger partial charge is 0.227 e. The van der Waals surface area contributed by atoms with E-state index in [1.807, 2.05) is 0 Å². The van der Waals surface area contributed by atoms with Crippen molar-refractivity contribution in [2.45, 2.75) is 64.2 Å². The van der Waals surface area contributed by atoms with Gasteiger partial charge in [-0.25, -0.2) is 0 Å². The number of rotatable bonds is 2. The predicted molar refractivity (Wildman–Crippen MR) is 75.0 cm³/mol. The molecule has 0 aromatic rings. The molecule has 0 aromatic heterocycles. The number of carbonyl (C=O) groups is 1. The SMILES string of the molecule is NC(=O)C1(C2=CC=CC2)CCCCCCCCC1. The van der Waals surface area contributed by atoms with E-state index in [4.69, 9.17) is 5.73 Å². The maximum atomic E-state index is 12.1. The van der Waals surface area contributed by atoms with E-state index in [0.29, 0.717) is 0 Å². The van der Waals surface area contributed by atoms with Crippen LogP contribution in [-0.4, -0.2) is 5.91 Å². The highest BCUT2D eigenvalue weighted by Crippen LogP contribution is 2.42. The molecular formula is C16H25NO.